The van der Waals surface area contributed by atoms with Crippen molar-refractivity contribution in [3.05, 3.63) is 89.3 Å². The van der Waals surface area contributed by atoms with Crippen molar-refractivity contribution in [1.29, 1.82) is 0 Å². The summed E-state index contributed by atoms with van der Waals surface area (Å²) in [4.78, 5) is 6.94. The van der Waals surface area contributed by atoms with Gasteiger partial charge in [-0.05, 0) is 66.8 Å². The molecule has 0 radical (unpaired) electrons. The number of piperidine rings is 1. The van der Waals surface area contributed by atoms with E-state index >= 15 is 0 Å². The van der Waals surface area contributed by atoms with Gasteiger partial charge in [-0.1, -0.05) is 35.7 Å². The first-order chi connectivity index (χ1) is 16.1. The Kier molecular flexibility index (Phi) is 6.46. The Bertz CT molecular complexity index is 1290. The predicted molar refractivity (Wildman–Crippen MR) is 134 cm³/mol. The highest BCUT2D eigenvalue weighted by molar-refractivity contribution is 6.30. The van der Waals surface area contributed by atoms with Crippen LogP contribution in [-0.2, 0) is 6.54 Å². The van der Waals surface area contributed by atoms with Crippen LogP contribution >= 0.6 is 11.6 Å². The largest absolute Gasteiger partial charge is 0.393 e. The summed E-state index contributed by atoms with van der Waals surface area (Å²) in [7, 11) is 0. The van der Waals surface area contributed by atoms with Gasteiger partial charge in [-0.15, -0.1) is 0 Å². The van der Waals surface area contributed by atoms with E-state index in [-0.39, 0.29) is 6.10 Å². The summed E-state index contributed by atoms with van der Waals surface area (Å²) in [6.07, 6.45) is 5.64. The number of benzene rings is 2. The highest BCUT2D eigenvalue weighted by Crippen LogP contribution is 2.21. The first-order valence-electron chi connectivity index (χ1n) is 11.4. The van der Waals surface area contributed by atoms with Gasteiger partial charge in [-0.2, -0.15) is 0 Å². The minimum atomic E-state index is -0.121. The minimum absolute atomic E-state index is 0.121. The van der Waals surface area contributed by atoms with Crippen molar-refractivity contribution in [2.45, 2.75) is 25.5 Å². The highest BCUT2D eigenvalue weighted by Gasteiger charge is 2.16. The smallest absolute Gasteiger partial charge is 0.113 e. The predicted octanol–water partition coefficient (Wildman–Crippen LogP) is 5.21. The molecule has 1 aliphatic rings. The average molecular weight is 456 g/mol. The molecule has 1 N–H and O–H groups in total. The van der Waals surface area contributed by atoms with Gasteiger partial charge in [0.05, 0.1) is 6.10 Å². The van der Waals surface area contributed by atoms with Crippen molar-refractivity contribution in [3.63, 3.8) is 0 Å². The molecule has 0 amide bonds. The van der Waals surface area contributed by atoms with Gasteiger partial charge in [0.1, 0.15) is 5.69 Å². The standard InChI is InChI=1S/C28H26ClN3O/c29-25-6-3-22(4-7-25)24-5-9-26(30-20-24)8-1-21-2-10-28-23(19-21)11-16-32(28)18-17-31-14-12-27(33)13-15-31/h2-7,9-11,16,19-20,27,33H,12-15,17-18H2. The van der Waals surface area contributed by atoms with Crippen molar-refractivity contribution in [2.75, 3.05) is 19.6 Å². The van der Waals surface area contributed by atoms with E-state index in [1.165, 1.54) is 10.9 Å². The van der Waals surface area contributed by atoms with Crippen molar-refractivity contribution < 1.29 is 5.11 Å². The van der Waals surface area contributed by atoms with E-state index in [4.69, 9.17) is 11.6 Å². The van der Waals surface area contributed by atoms with Gasteiger partial charge < -0.3 is 14.6 Å². The number of nitrogens with zero attached hydrogens (tertiary/aromatic N) is 3. The van der Waals surface area contributed by atoms with Crippen molar-refractivity contribution in [3.8, 4) is 23.0 Å². The Morgan fingerprint density at radius 3 is 2.45 bits per heavy atom. The maximum atomic E-state index is 9.68. The molecule has 5 rings (SSSR count). The number of aliphatic hydroxyl groups is 1. The first-order valence-corrected chi connectivity index (χ1v) is 11.8. The van der Waals surface area contributed by atoms with E-state index in [1.54, 1.807) is 0 Å². The van der Waals surface area contributed by atoms with Crippen LogP contribution in [0.3, 0.4) is 0 Å². The topological polar surface area (TPSA) is 41.3 Å². The lowest BCUT2D eigenvalue weighted by molar-refractivity contribution is 0.0811. The number of fused-ring (bicyclic) bond motifs is 1. The number of aliphatic hydroxyl groups excluding tert-OH is 1. The quantitative estimate of drug-likeness (QED) is 0.429. The number of hydrogen-bond donors (Lipinski definition) is 1. The molecule has 0 unspecified atom stereocenters. The number of aromatic nitrogens is 2. The third-order valence-corrected chi connectivity index (χ3v) is 6.51. The number of pyridine rings is 1. The molecule has 3 heterocycles. The van der Waals surface area contributed by atoms with Gasteiger partial charge in [0.2, 0.25) is 0 Å². The number of halogens is 1. The third-order valence-electron chi connectivity index (χ3n) is 6.26. The van der Waals surface area contributed by atoms with Crippen molar-refractivity contribution in [2.24, 2.45) is 0 Å². The van der Waals surface area contributed by atoms with Gasteiger partial charge in [0.25, 0.3) is 0 Å². The molecular weight excluding hydrogens is 430 g/mol. The Labute approximate surface area is 199 Å². The average Bonchev–Trinajstić information content (AvgIpc) is 3.25. The normalized spacial score (nSPS) is 14.8. The second-order valence-corrected chi connectivity index (χ2v) is 8.98. The number of hydrogen-bond acceptors (Lipinski definition) is 3. The van der Waals surface area contributed by atoms with Crippen LogP contribution in [0.1, 0.15) is 24.1 Å². The highest BCUT2D eigenvalue weighted by atomic mass is 35.5. The summed E-state index contributed by atoms with van der Waals surface area (Å²) in [5.74, 6) is 6.42. The van der Waals surface area contributed by atoms with Crippen LogP contribution in [0.25, 0.3) is 22.0 Å². The minimum Gasteiger partial charge on any atom is -0.393 e. The fourth-order valence-corrected chi connectivity index (χ4v) is 4.41. The maximum absolute atomic E-state index is 9.68. The molecule has 0 bridgehead atoms. The molecule has 4 aromatic rings. The van der Waals surface area contributed by atoms with E-state index in [1.807, 2.05) is 42.6 Å². The van der Waals surface area contributed by atoms with Gasteiger partial charge >= 0.3 is 0 Å². The molecule has 166 valence electrons. The summed E-state index contributed by atoms with van der Waals surface area (Å²) in [5, 5.41) is 11.6. The Hall–Kier alpha value is -3.10. The summed E-state index contributed by atoms with van der Waals surface area (Å²) in [6, 6.07) is 20.2. The number of likely N-dealkylation sites (tertiary alicyclic amines) is 1. The van der Waals surface area contributed by atoms with Gasteiger partial charge in [0, 0.05) is 65.6 Å². The zero-order valence-electron chi connectivity index (χ0n) is 18.4. The van der Waals surface area contributed by atoms with Crippen molar-refractivity contribution in [1.82, 2.24) is 14.5 Å². The molecule has 1 fully saturated rings. The van der Waals surface area contributed by atoms with E-state index in [0.717, 1.165) is 66.4 Å². The molecule has 0 atom stereocenters. The van der Waals surface area contributed by atoms with Gasteiger partial charge in [0.15, 0.2) is 0 Å². The van der Waals surface area contributed by atoms with Crippen LogP contribution in [0.2, 0.25) is 5.02 Å². The molecule has 1 saturated heterocycles. The van der Waals surface area contributed by atoms with Crippen LogP contribution in [0.5, 0.6) is 0 Å². The molecule has 0 saturated carbocycles. The van der Waals surface area contributed by atoms with E-state index in [9.17, 15) is 5.11 Å². The zero-order chi connectivity index (χ0) is 22.6. The molecule has 5 heteroatoms. The van der Waals surface area contributed by atoms with Crippen LogP contribution in [-0.4, -0.2) is 45.3 Å². The van der Waals surface area contributed by atoms with Crippen LogP contribution in [0.4, 0.5) is 0 Å². The summed E-state index contributed by atoms with van der Waals surface area (Å²) in [5.41, 5.74) is 5.08. The fraction of sp³-hybridized carbons (Fsp3) is 0.250. The third kappa shape index (κ3) is 5.29. The zero-order valence-corrected chi connectivity index (χ0v) is 19.2. The molecule has 0 spiro atoms. The Morgan fingerprint density at radius 2 is 1.70 bits per heavy atom. The van der Waals surface area contributed by atoms with Crippen LogP contribution in [0.15, 0.2) is 73.1 Å². The van der Waals surface area contributed by atoms with Crippen LogP contribution < -0.4 is 0 Å². The lowest BCUT2D eigenvalue weighted by Crippen LogP contribution is -2.37. The summed E-state index contributed by atoms with van der Waals surface area (Å²) >= 11 is 5.97. The summed E-state index contributed by atoms with van der Waals surface area (Å²) < 4.78 is 2.30. The van der Waals surface area contributed by atoms with Crippen molar-refractivity contribution >= 4 is 22.5 Å². The molecule has 33 heavy (non-hydrogen) atoms. The maximum Gasteiger partial charge on any atom is 0.113 e. The summed E-state index contributed by atoms with van der Waals surface area (Å²) in [6.45, 7) is 3.92. The Balaban J connectivity index is 1.25. The molecular formula is C28H26ClN3O. The molecule has 4 nitrogen and oxygen atoms in total. The van der Waals surface area contributed by atoms with Crippen LogP contribution in [0, 0.1) is 11.8 Å². The Morgan fingerprint density at radius 1 is 0.909 bits per heavy atom. The van der Waals surface area contributed by atoms with E-state index in [2.05, 4.69) is 56.8 Å². The fourth-order valence-electron chi connectivity index (χ4n) is 4.28. The second kappa shape index (κ2) is 9.80. The lowest BCUT2D eigenvalue weighted by atomic mass is 10.1. The molecule has 0 aliphatic carbocycles. The van der Waals surface area contributed by atoms with Gasteiger partial charge in [-0.3, -0.25) is 0 Å². The lowest BCUT2D eigenvalue weighted by Gasteiger charge is -2.29. The molecule has 2 aromatic heterocycles. The molecule has 1 aliphatic heterocycles. The molecule has 2 aromatic carbocycles. The first kappa shape index (κ1) is 21.7. The van der Waals surface area contributed by atoms with E-state index < -0.39 is 0 Å². The van der Waals surface area contributed by atoms with Gasteiger partial charge in [-0.25, -0.2) is 4.98 Å². The second-order valence-electron chi connectivity index (χ2n) is 8.54. The number of rotatable bonds is 4. The SMILES string of the molecule is OC1CCN(CCn2ccc3cc(C#Cc4ccc(-c5ccc(Cl)cc5)cn4)ccc32)CC1. The monoisotopic (exact) mass is 455 g/mol. The van der Waals surface area contributed by atoms with E-state index in [0.29, 0.717) is 0 Å².